The van der Waals surface area contributed by atoms with E-state index < -0.39 is 34.3 Å². The largest absolute Gasteiger partial charge is 0.416 e. The number of thioether (sulfide) groups is 1. The van der Waals surface area contributed by atoms with Gasteiger partial charge in [-0.2, -0.15) is 47.1 Å². The van der Waals surface area contributed by atoms with Gasteiger partial charge in [-0.25, -0.2) is 9.36 Å². The summed E-state index contributed by atoms with van der Waals surface area (Å²) in [6, 6.07) is 6.36. The van der Waals surface area contributed by atoms with Crippen molar-refractivity contribution in [2.24, 2.45) is 0 Å². The Hall–Kier alpha value is -3.32. The predicted molar refractivity (Wildman–Crippen MR) is 160 cm³/mol. The summed E-state index contributed by atoms with van der Waals surface area (Å²) in [5.74, 6) is -0.112. The van der Waals surface area contributed by atoms with E-state index in [2.05, 4.69) is 10.2 Å². The van der Waals surface area contributed by atoms with E-state index in [-0.39, 0.29) is 59.4 Å². The summed E-state index contributed by atoms with van der Waals surface area (Å²) in [5.41, 5.74) is 9.31. The van der Waals surface area contributed by atoms with Crippen LogP contribution >= 0.6 is 58.2 Å². The zero-order chi connectivity index (χ0) is 34.2. The van der Waals surface area contributed by atoms with Crippen molar-refractivity contribution in [2.75, 3.05) is 24.0 Å². The van der Waals surface area contributed by atoms with Crippen LogP contribution in [0.5, 0.6) is 0 Å². The first-order chi connectivity index (χ1) is 20.8. The molecule has 4 aromatic rings. The fourth-order valence-electron chi connectivity index (χ4n) is 3.67. The molecule has 1 atom stereocenters. The Morgan fingerprint density at radius 3 is 1.40 bits per heavy atom. The maximum atomic E-state index is 12.7. The minimum absolute atomic E-state index is 0.00867. The van der Waals surface area contributed by atoms with E-state index in [1.165, 1.54) is 18.0 Å². The highest BCUT2D eigenvalue weighted by molar-refractivity contribution is 7.98. The van der Waals surface area contributed by atoms with Crippen LogP contribution in [-0.4, -0.2) is 36.3 Å². The molecule has 4 N–H and O–H groups in total. The molecule has 4 rings (SSSR count). The third-order valence-corrected chi connectivity index (χ3v) is 8.51. The number of nitrogens with zero attached hydrogens (tertiary/aromatic N) is 6. The molecule has 0 bridgehead atoms. The van der Waals surface area contributed by atoms with Gasteiger partial charge in [0.25, 0.3) is 0 Å². The normalized spacial score (nSPS) is 12.2. The van der Waals surface area contributed by atoms with E-state index in [1.807, 2.05) is 6.07 Å². The highest BCUT2D eigenvalue weighted by atomic mass is 35.5. The Bertz CT molecular complexity index is 1870. The standard InChI is InChI=1S/C12H7Cl2F3N4OS.C12H7Cl2F3N4S/c1-23(22)10-8(4-18)20-21(11(10)19)9-6(13)2-5(3-7(9)14)12(15,16)17;1-22-10-8(4-18)20-21(11(10)19)9-6(13)2-5(3-7(9)14)12(15,16)17/h2-3H,19H2,1H3;2-3H,19H2,1H3. The first-order valence-corrected chi connectivity index (χ1v) is 15.7. The predicted octanol–water partition coefficient (Wildman–Crippen LogP) is 7.76. The number of alkyl halides is 6. The molecule has 0 saturated heterocycles. The smallest absolute Gasteiger partial charge is 0.383 e. The van der Waals surface area contributed by atoms with Crippen LogP contribution in [0.4, 0.5) is 38.0 Å². The van der Waals surface area contributed by atoms with E-state index in [9.17, 15) is 30.6 Å². The Labute approximate surface area is 276 Å². The van der Waals surface area contributed by atoms with Gasteiger partial charge in [0, 0.05) is 6.26 Å². The Kier molecular flexibility index (Phi) is 10.9. The molecular formula is C24H14Cl4F6N8OS2. The summed E-state index contributed by atoms with van der Waals surface area (Å²) in [5, 5.41) is 24.5. The Morgan fingerprint density at radius 2 is 1.13 bits per heavy atom. The van der Waals surface area contributed by atoms with Gasteiger partial charge in [0.05, 0.1) is 46.9 Å². The van der Waals surface area contributed by atoms with Crippen LogP contribution in [0.1, 0.15) is 22.5 Å². The molecule has 0 amide bonds. The highest BCUT2D eigenvalue weighted by Gasteiger charge is 2.34. The molecule has 0 spiro atoms. The van der Waals surface area contributed by atoms with Crippen molar-refractivity contribution in [3.63, 3.8) is 0 Å². The molecule has 1 unspecified atom stereocenters. The average molecular weight is 750 g/mol. The van der Waals surface area contributed by atoms with Crippen LogP contribution in [0.25, 0.3) is 11.4 Å². The SMILES string of the molecule is CS(=O)c1c(C#N)nn(-c2c(Cl)cc(C(F)(F)F)cc2Cl)c1N.CSc1c(C#N)nn(-c2c(Cl)cc(C(F)(F)F)cc2Cl)c1N. The van der Waals surface area contributed by atoms with E-state index in [0.717, 1.165) is 21.5 Å². The van der Waals surface area contributed by atoms with Crippen molar-refractivity contribution in [3.8, 4) is 23.5 Å². The highest BCUT2D eigenvalue weighted by Crippen LogP contribution is 2.41. The molecular weight excluding hydrogens is 736 g/mol. The van der Waals surface area contributed by atoms with Crippen molar-refractivity contribution in [3.05, 3.63) is 66.9 Å². The summed E-state index contributed by atoms with van der Waals surface area (Å²) in [6.07, 6.45) is -6.23. The maximum Gasteiger partial charge on any atom is 0.416 e. The summed E-state index contributed by atoms with van der Waals surface area (Å²) in [6.45, 7) is 0. The second-order valence-electron chi connectivity index (χ2n) is 8.40. The molecule has 2 aromatic heterocycles. The molecule has 21 heteroatoms. The minimum Gasteiger partial charge on any atom is -0.383 e. The third kappa shape index (κ3) is 7.40. The Morgan fingerprint density at radius 1 is 0.778 bits per heavy atom. The quantitative estimate of drug-likeness (QED) is 0.159. The van der Waals surface area contributed by atoms with Crippen LogP contribution in [0.2, 0.25) is 20.1 Å². The molecule has 0 aliphatic heterocycles. The van der Waals surface area contributed by atoms with Gasteiger partial charge in [0.2, 0.25) is 0 Å². The van der Waals surface area contributed by atoms with Crippen molar-refractivity contribution in [1.29, 1.82) is 10.5 Å². The Balaban J connectivity index is 0.000000246. The number of hydrogen-bond donors (Lipinski definition) is 2. The van der Waals surface area contributed by atoms with E-state index >= 15 is 0 Å². The number of nitriles is 2. The lowest BCUT2D eigenvalue weighted by Crippen LogP contribution is -2.09. The number of nitrogen functional groups attached to an aromatic ring is 2. The summed E-state index contributed by atoms with van der Waals surface area (Å²) < 4.78 is 90.0. The number of benzene rings is 2. The van der Waals surface area contributed by atoms with Gasteiger partial charge in [0.1, 0.15) is 40.0 Å². The fourth-order valence-corrected chi connectivity index (χ4v) is 6.28. The van der Waals surface area contributed by atoms with E-state index in [4.69, 9.17) is 68.4 Å². The second kappa shape index (κ2) is 13.6. The number of rotatable bonds is 4. The molecule has 0 radical (unpaired) electrons. The monoisotopic (exact) mass is 748 g/mol. The average Bonchev–Trinajstić information content (AvgIpc) is 3.42. The number of aromatic nitrogens is 4. The minimum atomic E-state index is -4.63. The lowest BCUT2D eigenvalue weighted by molar-refractivity contribution is -0.138. The lowest BCUT2D eigenvalue weighted by Gasteiger charge is -2.13. The van der Waals surface area contributed by atoms with Gasteiger partial charge in [-0.3, -0.25) is 4.21 Å². The van der Waals surface area contributed by atoms with Gasteiger partial charge < -0.3 is 11.5 Å². The molecule has 9 nitrogen and oxygen atoms in total. The zero-order valence-corrected chi connectivity index (χ0v) is 26.8. The van der Waals surface area contributed by atoms with Crippen LogP contribution in [0.3, 0.4) is 0 Å². The first-order valence-electron chi connectivity index (χ1n) is 11.4. The molecule has 0 aliphatic carbocycles. The van der Waals surface area contributed by atoms with Gasteiger partial charge in [0.15, 0.2) is 11.4 Å². The van der Waals surface area contributed by atoms with Crippen LogP contribution in [0, 0.1) is 22.7 Å². The van der Waals surface area contributed by atoms with Crippen molar-refractivity contribution in [2.45, 2.75) is 22.1 Å². The number of nitrogens with two attached hydrogens (primary N) is 2. The van der Waals surface area contributed by atoms with Crippen molar-refractivity contribution < 1.29 is 30.6 Å². The summed E-state index contributed by atoms with van der Waals surface area (Å²) in [7, 11) is -1.63. The lowest BCUT2D eigenvalue weighted by atomic mass is 10.2. The second-order valence-corrected chi connectivity index (χ2v) is 12.2. The maximum absolute atomic E-state index is 12.7. The summed E-state index contributed by atoms with van der Waals surface area (Å²) >= 11 is 24.7. The fraction of sp³-hybridized carbons (Fsp3) is 0.167. The molecule has 45 heavy (non-hydrogen) atoms. The molecule has 0 aliphatic rings. The van der Waals surface area contributed by atoms with Crippen LogP contribution < -0.4 is 11.5 Å². The molecule has 2 heterocycles. The molecule has 0 fully saturated rings. The third-order valence-electron chi connectivity index (χ3n) is 5.57. The molecule has 0 saturated carbocycles. The first kappa shape index (κ1) is 36.2. The summed E-state index contributed by atoms with van der Waals surface area (Å²) in [4.78, 5) is 0.356. The number of halogens is 10. The van der Waals surface area contributed by atoms with E-state index in [0.29, 0.717) is 17.0 Å². The molecule has 2 aromatic carbocycles. The van der Waals surface area contributed by atoms with Gasteiger partial charge in [-0.15, -0.1) is 11.8 Å². The molecule has 238 valence electrons. The van der Waals surface area contributed by atoms with Crippen molar-refractivity contribution in [1.82, 2.24) is 19.6 Å². The van der Waals surface area contributed by atoms with Gasteiger partial charge in [-0.1, -0.05) is 46.4 Å². The number of hydrogen-bond acceptors (Lipinski definition) is 8. The zero-order valence-electron chi connectivity index (χ0n) is 22.2. The van der Waals surface area contributed by atoms with Gasteiger partial charge in [-0.05, 0) is 30.5 Å². The van der Waals surface area contributed by atoms with Gasteiger partial charge >= 0.3 is 12.4 Å². The van der Waals surface area contributed by atoms with Crippen molar-refractivity contribution >= 4 is 80.6 Å². The van der Waals surface area contributed by atoms with Crippen LogP contribution in [0.15, 0.2) is 34.1 Å². The van der Waals surface area contributed by atoms with Crippen LogP contribution in [-0.2, 0) is 23.2 Å². The topological polar surface area (TPSA) is 152 Å². The van der Waals surface area contributed by atoms with E-state index in [1.54, 1.807) is 12.3 Å². The number of anilines is 2.